The summed E-state index contributed by atoms with van der Waals surface area (Å²) in [6, 6.07) is 13.9. The molecule has 0 unspecified atom stereocenters. The van der Waals surface area contributed by atoms with Gasteiger partial charge in [-0.1, -0.05) is 17.3 Å². The summed E-state index contributed by atoms with van der Waals surface area (Å²) in [5.74, 6) is -0.180. The highest BCUT2D eigenvalue weighted by atomic mass is 32.2. The molecule has 1 N–H and O–H groups in total. The van der Waals surface area contributed by atoms with Gasteiger partial charge in [0.15, 0.2) is 0 Å². The number of nitrogens with zero attached hydrogens (tertiary/aromatic N) is 3. The van der Waals surface area contributed by atoms with Crippen LogP contribution in [-0.2, 0) is 16.6 Å². The lowest BCUT2D eigenvalue weighted by Gasteiger charge is -2.09. The van der Waals surface area contributed by atoms with Crippen molar-refractivity contribution in [1.82, 2.24) is 19.4 Å². The lowest BCUT2D eigenvalue weighted by atomic mass is 10.2. The lowest BCUT2D eigenvalue weighted by Crippen LogP contribution is -2.20. The van der Waals surface area contributed by atoms with Gasteiger partial charge >= 0.3 is 6.36 Å². The van der Waals surface area contributed by atoms with Gasteiger partial charge in [0.1, 0.15) is 5.75 Å². The molecule has 9 nitrogen and oxygen atoms in total. The lowest BCUT2D eigenvalue weighted by molar-refractivity contribution is -0.274. The normalized spacial score (nSPS) is 12.0. The first-order valence-electron chi connectivity index (χ1n) is 9.97. The van der Waals surface area contributed by atoms with Gasteiger partial charge in [-0.15, -0.1) is 13.2 Å². The molecular weight excluding hydrogens is 489 g/mol. The average Bonchev–Trinajstić information content (AvgIpc) is 3.30. The Balaban J connectivity index is 1.57. The second-order valence-electron chi connectivity index (χ2n) is 7.23. The zero-order valence-electron chi connectivity index (χ0n) is 18.0. The van der Waals surface area contributed by atoms with Crippen molar-refractivity contribution in [2.24, 2.45) is 0 Å². The molecule has 0 aliphatic rings. The highest BCUT2D eigenvalue weighted by Crippen LogP contribution is 2.26. The number of aromatic nitrogens is 3. The largest absolute Gasteiger partial charge is 0.573 e. The number of sulfonamides is 1. The first-order chi connectivity index (χ1) is 16.5. The summed E-state index contributed by atoms with van der Waals surface area (Å²) < 4.78 is 73.8. The van der Waals surface area contributed by atoms with E-state index in [2.05, 4.69) is 19.6 Å². The first-order valence-corrected chi connectivity index (χ1v) is 11.5. The van der Waals surface area contributed by atoms with Crippen molar-refractivity contribution < 1.29 is 30.8 Å². The van der Waals surface area contributed by atoms with Crippen LogP contribution in [0.1, 0.15) is 5.56 Å². The Kier molecular flexibility index (Phi) is 6.45. The van der Waals surface area contributed by atoms with E-state index in [1.807, 2.05) is 0 Å². The second kappa shape index (κ2) is 9.35. The summed E-state index contributed by atoms with van der Waals surface area (Å²) in [6.07, 6.45) is -3.31. The Morgan fingerprint density at radius 3 is 2.46 bits per heavy atom. The van der Waals surface area contributed by atoms with Crippen LogP contribution >= 0.6 is 0 Å². The van der Waals surface area contributed by atoms with Crippen LogP contribution in [0.2, 0.25) is 0 Å². The Morgan fingerprint density at radius 2 is 1.77 bits per heavy atom. The number of hydrogen-bond acceptors (Lipinski definition) is 7. The molecule has 2 heterocycles. The molecule has 0 saturated carbocycles. The van der Waals surface area contributed by atoms with E-state index in [0.717, 1.165) is 12.1 Å². The highest BCUT2D eigenvalue weighted by molar-refractivity contribution is 7.89. The van der Waals surface area contributed by atoms with Crippen molar-refractivity contribution in [2.75, 3.05) is 7.05 Å². The quantitative estimate of drug-likeness (QED) is 0.408. The van der Waals surface area contributed by atoms with Crippen LogP contribution in [-0.4, -0.2) is 36.5 Å². The molecular formula is C22H17F3N4O5S. The van der Waals surface area contributed by atoms with Crippen LogP contribution < -0.4 is 15.0 Å². The molecule has 4 rings (SSSR count). The van der Waals surface area contributed by atoms with E-state index in [1.54, 1.807) is 12.1 Å². The third kappa shape index (κ3) is 5.75. The molecule has 0 aliphatic heterocycles. The van der Waals surface area contributed by atoms with E-state index in [0.29, 0.717) is 16.7 Å². The maximum atomic E-state index is 12.4. The zero-order valence-corrected chi connectivity index (χ0v) is 18.8. The maximum Gasteiger partial charge on any atom is 0.573 e. The Hall–Kier alpha value is -3.97. The third-order valence-corrected chi connectivity index (χ3v) is 6.24. The summed E-state index contributed by atoms with van der Waals surface area (Å²) >= 11 is 0. The van der Waals surface area contributed by atoms with Crippen molar-refractivity contribution in [3.05, 3.63) is 82.8 Å². The summed E-state index contributed by atoms with van der Waals surface area (Å²) in [5.41, 5.74) is 1.05. The van der Waals surface area contributed by atoms with Gasteiger partial charge in [0.25, 0.3) is 11.4 Å². The molecule has 4 aromatic rings. The topological polar surface area (TPSA) is 116 Å². The molecule has 2 aromatic heterocycles. The zero-order chi connectivity index (χ0) is 25.2. The average molecular weight is 506 g/mol. The monoisotopic (exact) mass is 506 g/mol. The van der Waals surface area contributed by atoms with E-state index in [-0.39, 0.29) is 34.5 Å². The SMILES string of the molecule is CNS(=O)(=O)c1cccc(Cn2cc(-c3nc(-c4ccc(OC(F)(F)F)cc4)no3)ccc2=O)c1. The fourth-order valence-electron chi connectivity index (χ4n) is 3.17. The van der Waals surface area contributed by atoms with E-state index >= 15 is 0 Å². The number of rotatable bonds is 7. The van der Waals surface area contributed by atoms with Gasteiger partial charge in [0, 0.05) is 17.8 Å². The number of alkyl halides is 3. The molecule has 0 aliphatic carbocycles. The predicted octanol–water partition coefficient (Wildman–Crippen LogP) is 3.42. The predicted molar refractivity (Wildman–Crippen MR) is 118 cm³/mol. The Bertz CT molecular complexity index is 1510. The smallest absolute Gasteiger partial charge is 0.406 e. The fourth-order valence-corrected chi connectivity index (χ4v) is 3.97. The van der Waals surface area contributed by atoms with Gasteiger partial charge in [0.2, 0.25) is 15.8 Å². The van der Waals surface area contributed by atoms with Crippen LogP contribution in [0.4, 0.5) is 13.2 Å². The van der Waals surface area contributed by atoms with Gasteiger partial charge in [-0.25, -0.2) is 13.1 Å². The molecule has 13 heteroatoms. The van der Waals surface area contributed by atoms with Crippen molar-refractivity contribution in [1.29, 1.82) is 0 Å². The third-order valence-electron chi connectivity index (χ3n) is 4.83. The minimum Gasteiger partial charge on any atom is -0.406 e. The molecule has 0 spiro atoms. The van der Waals surface area contributed by atoms with Crippen molar-refractivity contribution in [2.45, 2.75) is 17.8 Å². The summed E-state index contributed by atoms with van der Waals surface area (Å²) in [7, 11) is -2.34. The molecule has 0 radical (unpaired) electrons. The van der Waals surface area contributed by atoms with Gasteiger partial charge in [-0.2, -0.15) is 4.98 Å². The highest BCUT2D eigenvalue weighted by Gasteiger charge is 2.31. The minimum absolute atomic E-state index is 0.0647. The standard InChI is InChI=1S/C22H17F3N4O5S/c1-26-35(31,32)18-4-2-3-14(11-18)12-29-13-16(7-10-19(29)30)21-27-20(28-34-21)15-5-8-17(9-6-15)33-22(23,24)25/h2-11,13,26H,12H2,1H3. The number of halogens is 3. The molecule has 0 amide bonds. The molecule has 35 heavy (non-hydrogen) atoms. The van der Waals surface area contributed by atoms with E-state index < -0.39 is 16.4 Å². The number of pyridine rings is 1. The van der Waals surface area contributed by atoms with Gasteiger partial charge in [-0.05, 0) is 55.1 Å². The van der Waals surface area contributed by atoms with E-state index in [4.69, 9.17) is 4.52 Å². The van der Waals surface area contributed by atoms with Crippen LogP contribution in [0.5, 0.6) is 5.75 Å². The van der Waals surface area contributed by atoms with Crippen LogP contribution in [0.3, 0.4) is 0 Å². The van der Waals surface area contributed by atoms with Crippen molar-refractivity contribution in [3.63, 3.8) is 0 Å². The summed E-state index contributed by atoms with van der Waals surface area (Å²) in [5, 5.41) is 3.84. The van der Waals surface area contributed by atoms with Crippen LogP contribution in [0.25, 0.3) is 22.8 Å². The van der Waals surface area contributed by atoms with E-state index in [1.165, 1.54) is 54.2 Å². The van der Waals surface area contributed by atoms with Crippen LogP contribution in [0.15, 0.2) is 81.1 Å². The second-order valence-corrected chi connectivity index (χ2v) is 9.12. The Labute approximate surface area is 196 Å². The minimum atomic E-state index is -4.80. The number of ether oxygens (including phenoxy) is 1. The number of benzene rings is 2. The Morgan fingerprint density at radius 1 is 1.06 bits per heavy atom. The van der Waals surface area contributed by atoms with Crippen molar-refractivity contribution in [3.8, 4) is 28.6 Å². The van der Waals surface area contributed by atoms with Gasteiger partial charge < -0.3 is 13.8 Å². The van der Waals surface area contributed by atoms with E-state index in [9.17, 15) is 26.4 Å². The first kappa shape index (κ1) is 24.2. The van der Waals surface area contributed by atoms with Crippen molar-refractivity contribution >= 4 is 10.0 Å². The summed E-state index contributed by atoms with van der Waals surface area (Å²) in [6.45, 7) is 0.0847. The van der Waals surface area contributed by atoms with Gasteiger partial charge in [0.05, 0.1) is 17.0 Å². The molecule has 182 valence electrons. The number of hydrogen-bond donors (Lipinski definition) is 1. The van der Waals surface area contributed by atoms with Crippen LogP contribution in [0, 0.1) is 0 Å². The van der Waals surface area contributed by atoms with Gasteiger partial charge in [-0.3, -0.25) is 4.79 Å². The molecule has 2 aromatic carbocycles. The molecule has 0 saturated heterocycles. The number of nitrogens with one attached hydrogen (secondary N) is 1. The molecule has 0 fully saturated rings. The summed E-state index contributed by atoms with van der Waals surface area (Å²) in [4.78, 5) is 16.7. The molecule has 0 atom stereocenters. The fraction of sp³-hybridized carbons (Fsp3) is 0.136. The molecule has 0 bridgehead atoms. The maximum absolute atomic E-state index is 12.4.